The molecule has 0 fully saturated rings. The summed E-state index contributed by atoms with van der Waals surface area (Å²) in [5.41, 5.74) is 3.00. The molecule has 46 valence electrons. The summed E-state index contributed by atoms with van der Waals surface area (Å²) < 4.78 is 0. The molecule has 9 heavy (non-hydrogen) atoms. The molecule has 1 rings (SSSR count). The van der Waals surface area contributed by atoms with Gasteiger partial charge in [0, 0.05) is 0 Å². The fourth-order valence-corrected chi connectivity index (χ4v) is 0.899. The Bertz CT molecular complexity index is 143. The molecule has 1 aliphatic carbocycles. The van der Waals surface area contributed by atoms with E-state index in [2.05, 4.69) is 26.0 Å². The molecule has 0 aromatic carbocycles. The monoisotopic (exact) mass is 148 g/mol. The van der Waals surface area contributed by atoms with Crippen LogP contribution in [0, 0.1) is 0 Å². The van der Waals surface area contributed by atoms with Crippen LogP contribution in [0.5, 0.6) is 0 Å². The van der Waals surface area contributed by atoms with Crippen LogP contribution >= 0.6 is 0 Å². The summed E-state index contributed by atoms with van der Waals surface area (Å²) in [6.07, 6.45) is 6.95. The number of allylic oxidation sites excluding steroid dienone is 4. The normalized spacial score (nSPS) is 17.6. The van der Waals surface area contributed by atoms with E-state index in [4.69, 9.17) is 0 Å². The van der Waals surface area contributed by atoms with Crippen LogP contribution in [0.4, 0.5) is 0 Å². The topological polar surface area (TPSA) is 0 Å². The summed E-state index contributed by atoms with van der Waals surface area (Å²) in [5.74, 6) is 0. The Morgan fingerprint density at radius 2 is 2.00 bits per heavy atom. The van der Waals surface area contributed by atoms with Gasteiger partial charge in [-0.1, -0.05) is 23.3 Å². The second kappa shape index (κ2) is 4.86. The second-order valence-corrected chi connectivity index (χ2v) is 2.40. The van der Waals surface area contributed by atoms with Gasteiger partial charge in [-0.15, -0.1) is 0 Å². The van der Waals surface area contributed by atoms with E-state index >= 15 is 0 Å². The van der Waals surface area contributed by atoms with E-state index in [0.717, 1.165) is 0 Å². The van der Waals surface area contributed by atoms with Gasteiger partial charge >= 0.3 is 51.4 Å². The molecule has 0 atom stereocenters. The molecule has 0 N–H and O–H groups in total. The third-order valence-electron chi connectivity index (χ3n) is 1.73. The molecule has 1 aliphatic rings. The van der Waals surface area contributed by atoms with Crippen molar-refractivity contribution in [1.82, 2.24) is 0 Å². The van der Waals surface area contributed by atoms with Crippen LogP contribution < -0.4 is 0 Å². The Kier molecular flexibility index (Phi) is 5.46. The Morgan fingerprint density at radius 3 is 2.33 bits per heavy atom. The van der Waals surface area contributed by atoms with E-state index in [0.29, 0.717) is 0 Å². The summed E-state index contributed by atoms with van der Waals surface area (Å²) in [7, 11) is 0. The third kappa shape index (κ3) is 3.14. The van der Waals surface area contributed by atoms with Crippen molar-refractivity contribution in [3.05, 3.63) is 23.3 Å². The Balaban J connectivity index is 0.000000640. The minimum atomic E-state index is 0. The molecule has 1 heteroatoms. The van der Waals surface area contributed by atoms with Gasteiger partial charge in [0.25, 0.3) is 0 Å². The van der Waals surface area contributed by atoms with Crippen LogP contribution in [0.2, 0.25) is 0 Å². The molecule has 0 saturated carbocycles. The van der Waals surface area contributed by atoms with Gasteiger partial charge in [0.2, 0.25) is 0 Å². The fourth-order valence-electron chi connectivity index (χ4n) is 0.899. The molecule has 0 amide bonds. The molecule has 0 unspecified atom stereocenters. The van der Waals surface area contributed by atoms with E-state index in [1.165, 1.54) is 18.4 Å². The van der Waals surface area contributed by atoms with Crippen molar-refractivity contribution in [3.8, 4) is 0 Å². The van der Waals surface area contributed by atoms with Gasteiger partial charge in [0.15, 0.2) is 0 Å². The standard InChI is InChI=1S/C8H12.K.H/c1-7-5-3-4-6-8(7)2;;/h3,5H,4,6H2,1-2H3;;. The second-order valence-electron chi connectivity index (χ2n) is 2.40. The molecule has 0 saturated heterocycles. The van der Waals surface area contributed by atoms with Gasteiger partial charge < -0.3 is 0 Å². The molecule has 0 aromatic heterocycles. The van der Waals surface area contributed by atoms with E-state index in [1.807, 2.05) is 0 Å². The Labute approximate surface area is 99.8 Å². The molecule has 0 aromatic rings. The average Bonchev–Trinajstić information content (AvgIpc) is 1.77. The summed E-state index contributed by atoms with van der Waals surface area (Å²) >= 11 is 0. The maximum absolute atomic E-state index is 2.24. The van der Waals surface area contributed by atoms with Gasteiger partial charge in [-0.05, 0) is 26.7 Å². The molecule has 0 radical (unpaired) electrons. The molecular formula is C8H13K. The first kappa shape index (κ1) is 10.1. The maximum atomic E-state index is 2.24. The minimum absolute atomic E-state index is 0. The predicted molar refractivity (Wildman–Crippen MR) is 43.9 cm³/mol. The van der Waals surface area contributed by atoms with Crippen LogP contribution in [0.25, 0.3) is 0 Å². The number of hydrogen-bond acceptors (Lipinski definition) is 0. The Morgan fingerprint density at radius 1 is 1.33 bits per heavy atom. The summed E-state index contributed by atoms with van der Waals surface area (Å²) in [5, 5.41) is 0. The van der Waals surface area contributed by atoms with E-state index in [-0.39, 0.29) is 51.4 Å². The van der Waals surface area contributed by atoms with E-state index < -0.39 is 0 Å². The van der Waals surface area contributed by atoms with Crippen molar-refractivity contribution in [2.75, 3.05) is 0 Å². The van der Waals surface area contributed by atoms with Crippen LogP contribution in [0.15, 0.2) is 23.3 Å². The third-order valence-corrected chi connectivity index (χ3v) is 1.73. The molecule has 0 bridgehead atoms. The van der Waals surface area contributed by atoms with Crippen molar-refractivity contribution < 1.29 is 0 Å². The van der Waals surface area contributed by atoms with Crippen LogP contribution in [0.3, 0.4) is 0 Å². The van der Waals surface area contributed by atoms with Crippen molar-refractivity contribution in [1.29, 1.82) is 0 Å². The van der Waals surface area contributed by atoms with Gasteiger partial charge in [-0.3, -0.25) is 0 Å². The fraction of sp³-hybridized carbons (Fsp3) is 0.500. The average molecular weight is 148 g/mol. The predicted octanol–water partition coefficient (Wildman–Crippen LogP) is 2.02. The summed E-state index contributed by atoms with van der Waals surface area (Å²) in [6.45, 7) is 4.38. The van der Waals surface area contributed by atoms with E-state index in [1.54, 1.807) is 5.57 Å². The van der Waals surface area contributed by atoms with Gasteiger partial charge in [0.1, 0.15) is 0 Å². The first-order valence-corrected chi connectivity index (χ1v) is 3.13. The van der Waals surface area contributed by atoms with Gasteiger partial charge in [-0.2, -0.15) is 0 Å². The summed E-state index contributed by atoms with van der Waals surface area (Å²) in [4.78, 5) is 0. The molecule has 0 heterocycles. The molecular weight excluding hydrogens is 135 g/mol. The van der Waals surface area contributed by atoms with Crippen LogP contribution in [-0.4, -0.2) is 51.4 Å². The van der Waals surface area contributed by atoms with Crippen molar-refractivity contribution in [2.24, 2.45) is 0 Å². The zero-order valence-electron chi connectivity index (χ0n) is 5.57. The summed E-state index contributed by atoms with van der Waals surface area (Å²) in [6, 6.07) is 0. The number of hydrogen-bond donors (Lipinski definition) is 0. The molecule has 0 nitrogen and oxygen atoms in total. The molecule has 0 aliphatic heterocycles. The Hall–Kier alpha value is 1.12. The SMILES string of the molecule is CC1=C(C)CCC=C1.[KH]. The van der Waals surface area contributed by atoms with Gasteiger partial charge in [-0.25, -0.2) is 0 Å². The first-order valence-electron chi connectivity index (χ1n) is 3.13. The quantitative estimate of drug-likeness (QED) is 0.461. The first-order chi connectivity index (χ1) is 3.80. The number of rotatable bonds is 0. The van der Waals surface area contributed by atoms with Crippen molar-refractivity contribution in [2.45, 2.75) is 26.7 Å². The zero-order valence-corrected chi connectivity index (χ0v) is 5.57. The zero-order chi connectivity index (χ0) is 5.98. The van der Waals surface area contributed by atoms with E-state index in [9.17, 15) is 0 Å². The van der Waals surface area contributed by atoms with Crippen LogP contribution in [0.1, 0.15) is 26.7 Å². The van der Waals surface area contributed by atoms with Crippen LogP contribution in [-0.2, 0) is 0 Å². The van der Waals surface area contributed by atoms with Gasteiger partial charge in [0.05, 0.1) is 0 Å². The molecule has 0 spiro atoms. The van der Waals surface area contributed by atoms with Crippen molar-refractivity contribution >= 4 is 51.4 Å². The van der Waals surface area contributed by atoms with Crippen molar-refractivity contribution in [3.63, 3.8) is 0 Å².